The molecule has 1 aliphatic heterocycles. The van der Waals surface area contributed by atoms with Gasteiger partial charge in [-0.25, -0.2) is 14.1 Å². The molecule has 32 heavy (non-hydrogen) atoms. The van der Waals surface area contributed by atoms with Crippen LogP contribution in [0.25, 0.3) is 16.7 Å². The third-order valence-corrected chi connectivity index (χ3v) is 6.71. The summed E-state index contributed by atoms with van der Waals surface area (Å²) in [6.45, 7) is 0. The van der Waals surface area contributed by atoms with Crippen LogP contribution < -0.4 is 10.9 Å². The van der Waals surface area contributed by atoms with E-state index in [1.165, 1.54) is 40.7 Å². The summed E-state index contributed by atoms with van der Waals surface area (Å²) in [5.74, 6) is -0.345. The Kier molecular flexibility index (Phi) is 5.40. The average molecular weight is 490 g/mol. The number of nitrogens with zero attached hydrogens (tertiary/aromatic N) is 4. The van der Waals surface area contributed by atoms with Gasteiger partial charge < -0.3 is 5.32 Å². The van der Waals surface area contributed by atoms with E-state index in [1.54, 1.807) is 28.9 Å². The van der Waals surface area contributed by atoms with Crippen molar-refractivity contribution in [3.05, 3.63) is 74.9 Å². The SMILES string of the molecule is O=C(CC1CSc2nc3c(cnn3-c3ccc(Cl)cc3)c(=O)n21)Nc1ccc(F)c(Cl)c1. The fraction of sp³-hybridized carbons (Fsp3) is 0.143. The average Bonchev–Trinajstić information content (AvgIpc) is 3.36. The van der Waals surface area contributed by atoms with Crippen LogP contribution in [0.2, 0.25) is 10.0 Å². The Labute approximate surface area is 195 Å². The van der Waals surface area contributed by atoms with Crippen LogP contribution in [0.1, 0.15) is 12.5 Å². The molecule has 2 aromatic carbocycles. The summed E-state index contributed by atoms with van der Waals surface area (Å²) in [5, 5.41) is 8.42. The van der Waals surface area contributed by atoms with Crippen LogP contribution in [0, 0.1) is 5.82 Å². The van der Waals surface area contributed by atoms with E-state index in [2.05, 4.69) is 15.4 Å². The van der Waals surface area contributed by atoms with Gasteiger partial charge in [0.15, 0.2) is 10.8 Å². The van der Waals surface area contributed by atoms with E-state index in [9.17, 15) is 14.0 Å². The molecule has 1 N–H and O–H groups in total. The van der Waals surface area contributed by atoms with Gasteiger partial charge in [-0.05, 0) is 42.5 Å². The molecule has 0 fully saturated rings. The lowest BCUT2D eigenvalue weighted by atomic mass is 10.2. The lowest BCUT2D eigenvalue weighted by Gasteiger charge is -2.13. The summed E-state index contributed by atoms with van der Waals surface area (Å²) in [6.07, 6.45) is 1.54. The number of rotatable bonds is 4. The Balaban J connectivity index is 1.43. The van der Waals surface area contributed by atoms with Gasteiger partial charge in [-0.1, -0.05) is 35.0 Å². The molecule has 0 bridgehead atoms. The quantitative estimate of drug-likeness (QED) is 0.420. The smallest absolute Gasteiger partial charge is 0.265 e. The van der Waals surface area contributed by atoms with E-state index in [1.807, 2.05) is 0 Å². The predicted molar refractivity (Wildman–Crippen MR) is 123 cm³/mol. The predicted octanol–water partition coefficient (Wildman–Crippen LogP) is 4.70. The number of aromatic nitrogens is 4. The number of anilines is 1. The highest BCUT2D eigenvalue weighted by molar-refractivity contribution is 7.99. The molecule has 1 amide bonds. The van der Waals surface area contributed by atoms with Gasteiger partial charge in [-0.3, -0.25) is 14.2 Å². The Morgan fingerprint density at radius 2 is 2.00 bits per heavy atom. The molecule has 0 aliphatic carbocycles. The number of nitrogens with one attached hydrogen (secondary N) is 1. The number of carbonyl (C=O) groups excluding carboxylic acids is 1. The van der Waals surface area contributed by atoms with Gasteiger partial charge in [0, 0.05) is 22.9 Å². The molecule has 11 heteroatoms. The van der Waals surface area contributed by atoms with Crippen molar-refractivity contribution in [1.29, 1.82) is 0 Å². The van der Waals surface area contributed by atoms with E-state index in [0.717, 1.165) is 5.69 Å². The number of benzene rings is 2. The first-order valence-electron chi connectivity index (χ1n) is 9.54. The number of amides is 1. The summed E-state index contributed by atoms with van der Waals surface area (Å²) >= 11 is 13.1. The maximum absolute atomic E-state index is 13.3. The maximum Gasteiger partial charge on any atom is 0.265 e. The lowest BCUT2D eigenvalue weighted by Crippen LogP contribution is -2.27. The van der Waals surface area contributed by atoms with Crippen molar-refractivity contribution in [2.24, 2.45) is 0 Å². The van der Waals surface area contributed by atoms with Crippen LogP contribution in [-0.2, 0) is 4.79 Å². The molecule has 0 spiro atoms. The number of hydrogen-bond acceptors (Lipinski definition) is 5. The summed E-state index contributed by atoms with van der Waals surface area (Å²) in [5.41, 5.74) is 1.32. The van der Waals surface area contributed by atoms with Crippen molar-refractivity contribution >= 4 is 57.6 Å². The van der Waals surface area contributed by atoms with Crippen molar-refractivity contribution in [3.8, 4) is 5.69 Å². The van der Waals surface area contributed by atoms with Crippen LogP contribution in [0.15, 0.2) is 58.6 Å². The second kappa shape index (κ2) is 8.23. The molecule has 1 atom stereocenters. The molecule has 7 nitrogen and oxygen atoms in total. The van der Waals surface area contributed by atoms with Crippen LogP contribution >= 0.6 is 35.0 Å². The minimum absolute atomic E-state index is 0.0629. The standard InChI is InChI=1S/C21H14Cl2FN5O2S/c22-11-1-4-13(5-2-11)29-19-15(9-25-29)20(31)28-14(10-32-21(28)27-19)8-18(30)26-12-3-6-17(24)16(23)7-12/h1-7,9,14H,8,10H2,(H,26,30). The number of halogens is 3. The van der Waals surface area contributed by atoms with Gasteiger partial charge in [-0.15, -0.1) is 0 Å². The Morgan fingerprint density at radius 3 is 2.75 bits per heavy atom. The number of thioether (sulfide) groups is 1. The molecule has 3 heterocycles. The van der Waals surface area contributed by atoms with E-state index < -0.39 is 5.82 Å². The molecular formula is C21H14Cl2FN5O2S. The van der Waals surface area contributed by atoms with E-state index in [-0.39, 0.29) is 29.0 Å². The van der Waals surface area contributed by atoms with Gasteiger partial charge in [-0.2, -0.15) is 5.10 Å². The van der Waals surface area contributed by atoms with Crippen LogP contribution in [-0.4, -0.2) is 31.0 Å². The first-order chi connectivity index (χ1) is 15.4. The first-order valence-corrected chi connectivity index (χ1v) is 11.3. The molecule has 0 radical (unpaired) electrons. The zero-order valence-electron chi connectivity index (χ0n) is 16.3. The Hall–Kier alpha value is -2.88. The lowest BCUT2D eigenvalue weighted by molar-refractivity contribution is -0.116. The molecule has 5 rings (SSSR count). The minimum atomic E-state index is -0.563. The highest BCUT2D eigenvalue weighted by Crippen LogP contribution is 2.33. The Bertz CT molecular complexity index is 1420. The van der Waals surface area contributed by atoms with Crippen molar-refractivity contribution in [3.63, 3.8) is 0 Å². The summed E-state index contributed by atoms with van der Waals surface area (Å²) in [4.78, 5) is 30.4. The highest BCUT2D eigenvalue weighted by atomic mass is 35.5. The maximum atomic E-state index is 13.3. The van der Waals surface area contributed by atoms with Crippen molar-refractivity contribution in [2.45, 2.75) is 17.6 Å². The van der Waals surface area contributed by atoms with Gasteiger partial charge in [0.1, 0.15) is 11.2 Å². The second-order valence-corrected chi connectivity index (χ2v) is 9.02. The molecule has 162 valence electrons. The van der Waals surface area contributed by atoms with E-state index in [0.29, 0.717) is 32.7 Å². The summed E-state index contributed by atoms with van der Waals surface area (Å²) in [7, 11) is 0. The molecule has 4 aromatic rings. The fourth-order valence-corrected chi connectivity index (χ4v) is 4.99. The molecule has 1 aliphatic rings. The van der Waals surface area contributed by atoms with Gasteiger partial charge >= 0.3 is 0 Å². The van der Waals surface area contributed by atoms with E-state index >= 15 is 0 Å². The highest BCUT2D eigenvalue weighted by Gasteiger charge is 2.29. The fourth-order valence-electron chi connectivity index (χ4n) is 3.55. The zero-order chi connectivity index (χ0) is 22.4. The van der Waals surface area contributed by atoms with Crippen molar-refractivity contribution in [2.75, 3.05) is 11.1 Å². The van der Waals surface area contributed by atoms with Gasteiger partial charge in [0.25, 0.3) is 5.56 Å². The van der Waals surface area contributed by atoms with Crippen molar-refractivity contribution < 1.29 is 9.18 Å². The minimum Gasteiger partial charge on any atom is -0.326 e. The zero-order valence-corrected chi connectivity index (χ0v) is 18.6. The van der Waals surface area contributed by atoms with Crippen LogP contribution in [0.3, 0.4) is 0 Å². The normalized spacial score (nSPS) is 15.2. The number of fused-ring (bicyclic) bond motifs is 2. The largest absolute Gasteiger partial charge is 0.326 e. The van der Waals surface area contributed by atoms with E-state index in [4.69, 9.17) is 23.2 Å². The molecule has 2 aromatic heterocycles. The monoisotopic (exact) mass is 489 g/mol. The molecule has 1 unspecified atom stereocenters. The molecular weight excluding hydrogens is 476 g/mol. The van der Waals surface area contributed by atoms with Crippen molar-refractivity contribution in [1.82, 2.24) is 19.3 Å². The second-order valence-electron chi connectivity index (χ2n) is 7.19. The third kappa shape index (κ3) is 3.76. The van der Waals surface area contributed by atoms with Crippen LogP contribution in [0.4, 0.5) is 10.1 Å². The molecule has 0 saturated heterocycles. The topological polar surface area (TPSA) is 81.8 Å². The molecule has 0 saturated carbocycles. The third-order valence-electron chi connectivity index (χ3n) is 5.07. The van der Waals surface area contributed by atoms with Crippen LogP contribution in [0.5, 0.6) is 0 Å². The number of carbonyl (C=O) groups is 1. The first kappa shape index (κ1) is 21.0. The number of hydrogen-bond donors (Lipinski definition) is 1. The summed E-state index contributed by atoms with van der Waals surface area (Å²) < 4.78 is 16.5. The summed E-state index contributed by atoms with van der Waals surface area (Å²) in [6, 6.07) is 10.7. The Morgan fingerprint density at radius 1 is 1.22 bits per heavy atom. The van der Waals surface area contributed by atoms with Gasteiger partial charge in [0.2, 0.25) is 5.91 Å². The van der Waals surface area contributed by atoms with Gasteiger partial charge in [0.05, 0.1) is 22.9 Å².